The second-order valence-corrected chi connectivity index (χ2v) is 8.09. The second kappa shape index (κ2) is 10.1. The van der Waals surface area contributed by atoms with E-state index in [4.69, 9.17) is 14.2 Å². The van der Waals surface area contributed by atoms with Gasteiger partial charge in [0.2, 0.25) is 0 Å². The van der Waals surface area contributed by atoms with E-state index in [2.05, 4.69) is 34.4 Å². The summed E-state index contributed by atoms with van der Waals surface area (Å²) in [6.07, 6.45) is 5.18. The monoisotopic (exact) mass is 461 g/mol. The summed E-state index contributed by atoms with van der Waals surface area (Å²) in [6, 6.07) is 12.1. The minimum Gasteiger partial charge on any atom is -0.493 e. The number of carbonyl (C=O) groups excluding carboxylic acids is 1. The molecule has 0 bridgehead atoms. The lowest BCUT2D eigenvalue weighted by Crippen LogP contribution is -2.19. The Balaban J connectivity index is 1.42. The first-order chi connectivity index (χ1) is 16.4. The molecule has 2 amide bonds. The van der Waals surface area contributed by atoms with Crippen LogP contribution in [0.1, 0.15) is 13.8 Å². The molecule has 0 aliphatic heterocycles. The molecule has 0 aliphatic carbocycles. The van der Waals surface area contributed by atoms with Gasteiger partial charge in [-0.2, -0.15) is 0 Å². The number of imidazole rings is 1. The molecule has 9 nitrogen and oxygen atoms in total. The van der Waals surface area contributed by atoms with Gasteiger partial charge in [0, 0.05) is 36.1 Å². The molecule has 0 atom stereocenters. The maximum atomic E-state index is 12.3. The Bertz CT molecular complexity index is 1280. The molecule has 2 aromatic heterocycles. The van der Waals surface area contributed by atoms with E-state index in [-0.39, 0.29) is 6.03 Å². The fourth-order valence-electron chi connectivity index (χ4n) is 3.49. The molecule has 9 heteroatoms. The lowest BCUT2D eigenvalue weighted by molar-refractivity contribution is 0.262. The largest absolute Gasteiger partial charge is 0.493 e. The molecular formula is C25H27N5O4. The molecule has 176 valence electrons. The lowest BCUT2D eigenvalue weighted by Gasteiger charge is -2.12. The van der Waals surface area contributed by atoms with Gasteiger partial charge in [0.1, 0.15) is 11.5 Å². The third-order valence-electron chi connectivity index (χ3n) is 5.00. The van der Waals surface area contributed by atoms with Crippen LogP contribution in [0.4, 0.5) is 16.3 Å². The number of nitrogens with one attached hydrogen (secondary N) is 2. The Morgan fingerprint density at radius 1 is 0.971 bits per heavy atom. The van der Waals surface area contributed by atoms with Gasteiger partial charge in [0.05, 0.1) is 26.1 Å². The number of anilines is 2. The summed E-state index contributed by atoms with van der Waals surface area (Å²) in [7, 11) is 3.17. The number of ether oxygens (including phenoxy) is 3. The first-order valence-electron chi connectivity index (χ1n) is 10.8. The van der Waals surface area contributed by atoms with E-state index in [1.54, 1.807) is 69.3 Å². The molecule has 2 aromatic carbocycles. The molecular weight excluding hydrogens is 434 g/mol. The molecule has 0 saturated heterocycles. The summed E-state index contributed by atoms with van der Waals surface area (Å²) < 4.78 is 18.8. The third kappa shape index (κ3) is 5.37. The predicted octanol–water partition coefficient (Wildman–Crippen LogP) is 5.54. The Kier molecular flexibility index (Phi) is 6.82. The Hall–Kier alpha value is -4.27. The average molecular weight is 462 g/mol. The van der Waals surface area contributed by atoms with E-state index < -0.39 is 0 Å². The van der Waals surface area contributed by atoms with Crippen LogP contribution in [-0.2, 0) is 6.54 Å². The Morgan fingerprint density at radius 2 is 1.71 bits per heavy atom. The zero-order chi connectivity index (χ0) is 24.1. The van der Waals surface area contributed by atoms with E-state index >= 15 is 0 Å². The molecule has 2 N–H and O–H groups in total. The predicted molar refractivity (Wildman–Crippen MR) is 131 cm³/mol. The number of urea groups is 1. The molecule has 0 unspecified atom stereocenters. The number of fused-ring (bicyclic) bond motifs is 1. The number of rotatable bonds is 8. The number of amides is 2. The van der Waals surface area contributed by atoms with Crippen LogP contribution >= 0.6 is 0 Å². The van der Waals surface area contributed by atoms with Crippen molar-refractivity contribution in [1.82, 2.24) is 14.5 Å². The van der Waals surface area contributed by atoms with Crippen LogP contribution in [0.15, 0.2) is 61.2 Å². The number of hydrogen-bond acceptors (Lipinski definition) is 6. The number of carbonyl (C=O) groups is 1. The SMILES string of the molecule is COc1cc2nccc(Oc3ccc(NC(=O)Nc4cn(CC(C)C)cn4)cc3)c2cc1OC. The van der Waals surface area contributed by atoms with Crippen molar-refractivity contribution in [3.8, 4) is 23.0 Å². The molecule has 0 radical (unpaired) electrons. The molecule has 34 heavy (non-hydrogen) atoms. The van der Waals surface area contributed by atoms with Crippen molar-refractivity contribution < 1.29 is 19.0 Å². The van der Waals surface area contributed by atoms with Crippen molar-refractivity contribution in [3.05, 3.63) is 61.2 Å². The summed E-state index contributed by atoms with van der Waals surface area (Å²) in [4.78, 5) is 20.9. The summed E-state index contributed by atoms with van der Waals surface area (Å²) in [5.74, 6) is 3.41. The minimum atomic E-state index is -0.371. The number of methoxy groups -OCH3 is 2. The summed E-state index contributed by atoms with van der Waals surface area (Å²) in [5.41, 5.74) is 1.35. The average Bonchev–Trinajstić information content (AvgIpc) is 3.25. The van der Waals surface area contributed by atoms with Crippen LogP contribution in [-0.4, -0.2) is 34.8 Å². The molecule has 0 fully saturated rings. The molecule has 4 rings (SSSR count). The standard InChI is InChI=1S/C25H27N5O4/c1-16(2)13-30-14-24(27-15-30)29-25(31)28-17-5-7-18(8-6-17)34-21-9-10-26-20-12-23(33-4)22(32-3)11-19(20)21/h5-12,14-16H,13H2,1-4H3,(H2,28,29,31). The smallest absolute Gasteiger partial charge is 0.324 e. The van der Waals surface area contributed by atoms with Crippen LogP contribution in [0.3, 0.4) is 0 Å². The van der Waals surface area contributed by atoms with E-state index in [0.717, 1.165) is 17.4 Å². The molecule has 0 saturated carbocycles. The molecule has 0 spiro atoms. The van der Waals surface area contributed by atoms with Crippen molar-refractivity contribution >= 4 is 28.4 Å². The van der Waals surface area contributed by atoms with Crippen molar-refractivity contribution in [2.45, 2.75) is 20.4 Å². The first-order valence-corrected chi connectivity index (χ1v) is 10.8. The van der Waals surface area contributed by atoms with Crippen molar-refractivity contribution in [3.63, 3.8) is 0 Å². The molecule has 4 aromatic rings. The van der Waals surface area contributed by atoms with Crippen LogP contribution in [0.25, 0.3) is 10.9 Å². The lowest BCUT2D eigenvalue weighted by atomic mass is 10.2. The fraction of sp³-hybridized carbons (Fsp3) is 0.240. The number of aromatic nitrogens is 3. The number of benzene rings is 2. The van der Waals surface area contributed by atoms with Crippen LogP contribution in [0.2, 0.25) is 0 Å². The summed E-state index contributed by atoms with van der Waals surface area (Å²) in [5, 5.41) is 6.32. The summed E-state index contributed by atoms with van der Waals surface area (Å²) >= 11 is 0. The van der Waals surface area contributed by atoms with Crippen molar-refractivity contribution in [2.75, 3.05) is 24.9 Å². The highest BCUT2D eigenvalue weighted by molar-refractivity contribution is 5.99. The number of hydrogen-bond donors (Lipinski definition) is 2. The highest BCUT2D eigenvalue weighted by Gasteiger charge is 2.12. The topological polar surface area (TPSA) is 99.5 Å². The maximum Gasteiger partial charge on any atom is 0.324 e. The van der Waals surface area contributed by atoms with Crippen LogP contribution < -0.4 is 24.8 Å². The van der Waals surface area contributed by atoms with Gasteiger partial charge in [0.25, 0.3) is 0 Å². The number of pyridine rings is 1. The van der Waals surface area contributed by atoms with Gasteiger partial charge in [-0.1, -0.05) is 13.8 Å². The summed E-state index contributed by atoms with van der Waals surface area (Å²) in [6.45, 7) is 5.08. The van der Waals surface area contributed by atoms with E-state index in [0.29, 0.717) is 40.4 Å². The molecule has 2 heterocycles. The van der Waals surface area contributed by atoms with Gasteiger partial charge in [-0.3, -0.25) is 10.3 Å². The minimum absolute atomic E-state index is 0.371. The van der Waals surface area contributed by atoms with Crippen molar-refractivity contribution in [2.24, 2.45) is 5.92 Å². The quantitative estimate of drug-likeness (QED) is 0.357. The highest BCUT2D eigenvalue weighted by atomic mass is 16.5. The van der Waals surface area contributed by atoms with Gasteiger partial charge in [0.15, 0.2) is 17.3 Å². The van der Waals surface area contributed by atoms with Gasteiger partial charge in [-0.25, -0.2) is 9.78 Å². The van der Waals surface area contributed by atoms with Gasteiger partial charge in [-0.15, -0.1) is 0 Å². The zero-order valence-electron chi connectivity index (χ0n) is 19.5. The van der Waals surface area contributed by atoms with Crippen LogP contribution in [0.5, 0.6) is 23.0 Å². The Morgan fingerprint density at radius 3 is 2.41 bits per heavy atom. The first kappa shape index (κ1) is 22.9. The van der Waals surface area contributed by atoms with Gasteiger partial charge in [-0.05, 0) is 42.3 Å². The Labute approximate surface area is 197 Å². The van der Waals surface area contributed by atoms with E-state index in [9.17, 15) is 4.79 Å². The maximum absolute atomic E-state index is 12.3. The van der Waals surface area contributed by atoms with Gasteiger partial charge >= 0.3 is 6.03 Å². The normalized spacial score (nSPS) is 10.9. The second-order valence-electron chi connectivity index (χ2n) is 8.09. The van der Waals surface area contributed by atoms with Gasteiger partial charge < -0.3 is 24.1 Å². The van der Waals surface area contributed by atoms with E-state index in [1.165, 1.54) is 0 Å². The number of nitrogens with zero attached hydrogens (tertiary/aromatic N) is 3. The third-order valence-corrected chi connectivity index (χ3v) is 5.00. The fourth-order valence-corrected chi connectivity index (χ4v) is 3.49. The van der Waals surface area contributed by atoms with Crippen LogP contribution in [0, 0.1) is 5.92 Å². The van der Waals surface area contributed by atoms with Crippen molar-refractivity contribution in [1.29, 1.82) is 0 Å². The molecule has 0 aliphatic rings. The zero-order valence-corrected chi connectivity index (χ0v) is 19.5. The highest BCUT2D eigenvalue weighted by Crippen LogP contribution is 2.36. The van der Waals surface area contributed by atoms with E-state index in [1.807, 2.05) is 10.6 Å².